The van der Waals surface area contributed by atoms with Crippen LogP contribution in [0.25, 0.3) is 0 Å². The number of aryl methyl sites for hydroxylation is 2. The van der Waals surface area contributed by atoms with Crippen LogP contribution in [0, 0.1) is 25.2 Å². The monoisotopic (exact) mass is 206 g/mol. The fourth-order valence-electron chi connectivity index (χ4n) is 1.21. The van der Waals surface area contributed by atoms with Crippen LogP contribution >= 0.6 is 11.8 Å². The Morgan fingerprint density at radius 3 is 2.71 bits per heavy atom. The highest BCUT2D eigenvalue weighted by atomic mass is 32.2. The van der Waals surface area contributed by atoms with E-state index in [1.165, 1.54) is 5.56 Å². The maximum atomic E-state index is 8.83. The number of nitriles is 1. The number of rotatable bonds is 3. The van der Waals surface area contributed by atoms with Gasteiger partial charge in [0, 0.05) is 5.69 Å². The highest BCUT2D eigenvalue weighted by Crippen LogP contribution is 2.24. The minimum atomic E-state index is 0.0173. The van der Waals surface area contributed by atoms with E-state index in [2.05, 4.69) is 11.1 Å². The van der Waals surface area contributed by atoms with Gasteiger partial charge in [-0.1, -0.05) is 18.7 Å². The van der Waals surface area contributed by atoms with Gasteiger partial charge in [0.25, 0.3) is 0 Å². The summed E-state index contributed by atoms with van der Waals surface area (Å²) in [6.45, 7) is 6.04. The first-order chi connectivity index (χ1) is 6.65. The predicted octanol–water partition coefficient (Wildman–Crippen LogP) is 3.09. The molecule has 1 aromatic rings. The first-order valence-electron chi connectivity index (χ1n) is 4.67. The van der Waals surface area contributed by atoms with Crippen molar-refractivity contribution in [1.82, 2.24) is 4.98 Å². The van der Waals surface area contributed by atoms with Gasteiger partial charge in [-0.2, -0.15) is 5.26 Å². The third kappa shape index (κ3) is 3.04. The van der Waals surface area contributed by atoms with Crippen molar-refractivity contribution in [2.75, 3.05) is 0 Å². The van der Waals surface area contributed by atoms with Gasteiger partial charge in [0.05, 0.1) is 16.3 Å². The van der Waals surface area contributed by atoms with Crippen LogP contribution < -0.4 is 0 Å². The Morgan fingerprint density at radius 1 is 1.50 bits per heavy atom. The molecule has 2 nitrogen and oxygen atoms in total. The molecule has 1 aromatic heterocycles. The first-order valence-corrected chi connectivity index (χ1v) is 5.55. The summed E-state index contributed by atoms with van der Waals surface area (Å²) in [5.74, 6) is 0. The number of thioether (sulfide) groups is 1. The van der Waals surface area contributed by atoms with Crippen molar-refractivity contribution >= 4 is 11.8 Å². The molecule has 1 atom stereocenters. The van der Waals surface area contributed by atoms with Crippen molar-refractivity contribution in [3.8, 4) is 6.07 Å². The molecule has 0 aromatic carbocycles. The molecule has 0 radical (unpaired) electrons. The van der Waals surface area contributed by atoms with Gasteiger partial charge in [0.2, 0.25) is 0 Å². The van der Waals surface area contributed by atoms with Gasteiger partial charge in [-0.15, -0.1) is 0 Å². The highest BCUT2D eigenvalue weighted by molar-refractivity contribution is 8.00. The van der Waals surface area contributed by atoms with Gasteiger partial charge >= 0.3 is 0 Å². The Labute approximate surface area is 89.4 Å². The molecule has 0 amide bonds. The van der Waals surface area contributed by atoms with E-state index in [1.807, 2.05) is 32.9 Å². The second-order valence-electron chi connectivity index (χ2n) is 3.27. The molecule has 3 heteroatoms. The fourth-order valence-corrected chi connectivity index (χ4v) is 2.17. The Hall–Kier alpha value is -1.01. The topological polar surface area (TPSA) is 36.7 Å². The molecule has 1 rings (SSSR count). The van der Waals surface area contributed by atoms with Crippen molar-refractivity contribution in [3.05, 3.63) is 23.4 Å². The van der Waals surface area contributed by atoms with Gasteiger partial charge in [-0.3, -0.25) is 0 Å². The minimum Gasteiger partial charge on any atom is -0.247 e. The molecular weight excluding hydrogens is 192 g/mol. The molecule has 0 N–H and O–H groups in total. The van der Waals surface area contributed by atoms with Crippen LogP contribution in [-0.2, 0) is 0 Å². The van der Waals surface area contributed by atoms with E-state index in [-0.39, 0.29) is 5.25 Å². The van der Waals surface area contributed by atoms with E-state index >= 15 is 0 Å². The molecule has 14 heavy (non-hydrogen) atoms. The van der Waals surface area contributed by atoms with Crippen LogP contribution in [0.3, 0.4) is 0 Å². The molecule has 0 fully saturated rings. The lowest BCUT2D eigenvalue weighted by Crippen LogP contribution is -1.97. The third-order valence-electron chi connectivity index (χ3n) is 1.85. The lowest BCUT2D eigenvalue weighted by atomic mass is 10.3. The average molecular weight is 206 g/mol. The summed E-state index contributed by atoms with van der Waals surface area (Å²) in [5, 5.41) is 9.80. The number of hydrogen-bond donors (Lipinski definition) is 0. The van der Waals surface area contributed by atoms with Gasteiger partial charge in [-0.25, -0.2) is 4.98 Å². The summed E-state index contributed by atoms with van der Waals surface area (Å²) in [6, 6.07) is 6.33. The fraction of sp³-hybridized carbons (Fsp3) is 0.455. The standard InChI is InChI=1S/C11H14N2S/c1-4-10(7-12)14-11-6-8(2)5-9(3)13-11/h5-6,10H,4H2,1-3H3. The van der Waals surface area contributed by atoms with Crippen molar-refractivity contribution in [3.63, 3.8) is 0 Å². The Kier molecular flexibility index (Phi) is 3.97. The normalized spacial score (nSPS) is 12.1. The summed E-state index contributed by atoms with van der Waals surface area (Å²) in [5.41, 5.74) is 2.22. The second kappa shape index (κ2) is 5.02. The van der Waals surface area contributed by atoms with Gasteiger partial charge in [-0.05, 0) is 38.0 Å². The van der Waals surface area contributed by atoms with Crippen LogP contribution in [0.4, 0.5) is 0 Å². The lowest BCUT2D eigenvalue weighted by molar-refractivity contribution is 0.970. The molecule has 0 aliphatic carbocycles. The molecule has 1 heterocycles. The van der Waals surface area contributed by atoms with Crippen LogP contribution in [0.5, 0.6) is 0 Å². The Balaban J connectivity index is 2.82. The zero-order valence-electron chi connectivity index (χ0n) is 8.74. The van der Waals surface area contributed by atoms with Gasteiger partial charge in [0.15, 0.2) is 0 Å². The van der Waals surface area contributed by atoms with E-state index in [9.17, 15) is 0 Å². The first kappa shape index (κ1) is 11.1. The minimum absolute atomic E-state index is 0.0173. The number of hydrogen-bond acceptors (Lipinski definition) is 3. The molecule has 0 saturated carbocycles. The summed E-state index contributed by atoms with van der Waals surface area (Å²) >= 11 is 1.54. The molecule has 74 valence electrons. The zero-order valence-corrected chi connectivity index (χ0v) is 9.56. The molecule has 0 spiro atoms. The summed E-state index contributed by atoms with van der Waals surface area (Å²) < 4.78 is 0. The van der Waals surface area contributed by atoms with Crippen molar-refractivity contribution in [1.29, 1.82) is 5.26 Å². The largest absolute Gasteiger partial charge is 0.247 e. The molecule has 0 saturated heterocycles. The summed E-state index contributed by atoms with van der Waals surface area (Å²) in [4.78, 5) is 4.38. The maximum Gasteiger partial charge on any atom is 0.0978 e. The summed E-state index contributed by atoms with van der Waals surface area (Å²) in [6.07, 6.45) is 0.857. The van der Waals surface area contributed by atoms with E-state index in [0.29, 0.717) is 0 Å². The highest BCUT2D eigenvalue weighted by Gasteiger charge is 2.07. The second-order valence-corrected chi connectivity index (χ2v) is 4.49. The van der Waals surface area contributed by atoms with E-state index in [1.54, 1.807) is 11.8 Å². The smallest absolute Gasteiger partial charge is 0.0978 e. The van der Waals surface area contributed by atoms with E-state index in [4.69, 9.17) is 5.26 Å². The molecule has 0 aliphatic heterocycles. The number of aromatic nitrogens is 1. The van der Waals surface area contributed by atoms with Crippen LogP contribution in [0.1, 0.15) is 24.6 Å². The quantitative estimate of drug-likeness (QED) is 0.713. The SMILES string of the molecule is CCC(C#N)Sc1cc(C)cc(C)n1. The molecule has 1 unspecified atom stereocenters. The summed E-state index contributed by atoms with van der Waals surface area (Å²) in [7, 11) is 0. The maximum absolute atomic E-state index is 8.83. The Morgan fingerprint density at radius 2 is 2.21 bits per heavy atom. The van der Waals surface area contributed by atoms with Crippen molar-refractivity contribution in [2.24, 2.45) is 0 Å². The van der Waals surface area contributed by atoms with Gasteiger partial charge in [0.1, 0.15) is 0 Å². The molecule has 0 aliphatic rings. The number of pyridine rings is 1. The zero-order chi connectivity index (χ0) is 10.6. The Bertz CT molecular complexity index is 335. The van der Waals surface area contributed by atoms with Crippen LogP contribution in [0.2, 0.25) is 0 Å². The van der Waals surface area contributed by atoms with E-state index < -0.39 is 0 Å². The van der Waals surface area contributed by atoms with E-state index in [0.717, 1.165) is 17.1 Å². The molecular formula is C11H14N2S. The van der Waals surface area contributed by atoms with Crippen molar-refractivity contribution in [2.45, 2.75) is 37.5 Å². The molecule has 0 bridgehead atoms. The third-order valence-corrected chi connectivity index (χ3v) is 3.03. The van der Waals surface area contributed by atoms with Crippen LogP contribution in [0.15, 0.2) is 17.2 Å². The average Bonchev–Trinajstić information content (AvgIpc) is 2.12. The predicted molar refractivity (Wildman–Crippen MR) is 59.3 cm³/mol. The van der Waals surface area contributed by atoms with Crippen molar-refractivity contribution < 1.29 is 0 Å². The lowest BCUT2D eigenvalue weighted by Gasteiger charge is -2.06. The van der Waals surface area contributed by atoms with Gasteiger partial charge < -0.3 is 0 Å². The van der Waals surface area contributed by atoms with Crippen LogP contribution in [-0.4, -0.2) is 10.2 Å². The number of nitrogens with zero attached hydrogens (tertiary/aromatic N) is 2.